The normalized spacial score (nSPS) is 11.5. The van der Waals surface area contributed by atoms with E-state index in [0.717, 1.165) is 15.4 Å². The van der Waals surface area contributed by atoms with Crippen molar-refractivity contribution < 1.29 is 17.6 Å². The van der Waals surface area contributed by atoms with Gasteiger partial charge in [-0.15, -0.1) is 0 Å². The average Bonchev–Trinajstić information content (AvgIpc) is 2.71. The molecule has 162 valence electrons. The molecule has 0 aromatic heterocycles. The lowest BCUT2D eigenvalue weighted by Gasteiger charge is -2.22. The van der Waals surface area contributed by atoms with Crippen molar-refractivity contribution in [2.24, 2.45) is 0 Å². The lowest BCUT2D eigenvalue weighted by Crippen LogP contribution is -2.37. The molecule has 8 heteroatoms. The summed E-state index contributed by atoms with van der Waals surface area (Å²) in [6.07, 6.45) is 0. The molecule has 31 heavy (non-hydrogen) atoms. The molecule has 0 bridgehead atoms. The van der Waals surface area contributed by atoms with Crippen molar-refractivity contribution in [3.63, 3.8) is 0 Å². The lowest BCUT2D eigenvalue weighted by molar-refractivity contribution is -0.116. The number of anilines is 1. The van der Waals surface area contributed by atoms with E-state index in [2.05, 4.69) is 5.32 Å². The van der Waals surface area contributed by atoms with Crippen LogP contribution in [0.4, 0.5) is 10.1 Å². The molecular formula is C23H22ClFN2O3S. The summed E-state index contributed by atoms with van der Waals surface area (Å²) in [7, 11) is -3.97. The number of halogens is 2. The monoisotopic (exact) mass is 460 g/mol. The number of nitrogens with one attached hydrogen (secondary N) is 1. The average molecular weight is 461 g/mol. The van der Waals surface area contributed by atoms with Crippen LogP contribution in [-0.2, 0) is 21.4 Å². The van der Waals surface area contributed by atoms with E-state index in [1.165, 1.54) is 36.4 Å². The standard InChI is InChI=1S/C23H22ClFN2O3S/c1-16-3-10-21(11-4-16)31(29,30)27(14-18-5-8-20(25)9-6-18)15-23(28)26-22-12-7-19(24)13-17(22)2/h3-13H,14-15H2,1-2H3,(H,26,28). The van der Waals surface area contributed by atoms with Crippen molar-refractivity contribution in [2.75, 3.05) is 11.9 Å². The Balaban J connectivity index is 1.88. The third-order valence-corrected chi connectivity index (χ3v) is 6.75. The van der Waals surface area contributed by atoms with E-state index in [-0.39, 0.29) is 11.4 Å². The highest BCUT2D eigenvalue weighted by Crippen LogP contribution is 2.22. The molecule has 3 aromatic rings. The van der Waals surface area contributed by atoms with Crippen LogP contribution in [0.1, 0.15) is 16.7 Å². The molecular weight excluding hydrogens is 439 g/mol. The summed E-state index contributed by atoms with van der Waals surface area (Å²) >= 11 is 5.95. The Hall–Kier alpha value is -2.74. The zero-order valence-corrected chi connectivity index (χ0v) is 18.7. The molecule has 0 radical (unpaired) electrons. The van der Waals surface area contributed by atoms with Gasteiger partial charge in [-0.1, -0.05) is 41.4 Å². The van der Waals surface area contributed by atoms with E-state index >= 15 is 0 Å². The fraction of sp³-hybridized carbons (Fsp3) is 0.174. The van der Waals surface area contributed by atoms with Crippen LogP contribution in [0.2, 0.25) is 5.02 Å². The number of aryl methyl sites for hydroxylation is 2. The first kappa shape index (κ1) is 22.9. The maximum atomic E-state index is 13.3. The van der Waals surface area contributed by atoms with Crippen LogP contribution in [0.25, 0.3) is 0 Å². The van der Waals surface area contributed by atoms with Gasteiger partial charge in [-0.25, -0.2) is 12.8 Å². The molecule has 0 saturated heterocycles. The molecule has 5 nitrogen and oxygen atoms in total. The van der Waals surface area contributed by atoms with Crippen LogP contribution >= 0.6 is 11.6 Å². The molecule has 0 aliphatic carbocycles. The predicted molar refractivity (Wildman–Crippen MR) is 120 cm³/mol. The molecule has 3 aromatic carbocycles. The fourth-order valence-electron chi connectivity index (χ4n) is 3.00. The van der Waals surface area contributed by atoms with Gasteiger partial charge in [0.15, 0.2) is 0 Å². The zero-order chi connectivity index (χ0) is 22.6. The number of amides is 1. The first-order valence-electron chi connectivity index (χ1n) is 9.52. The van der Waals surface area contributed by atoms with Gasteiger partial charge in [-0.05, 0) is 67.4 Å². The van der Waals surface area contributed by atoms with Gasteiger partial charge in [-0.2, -0.15) is 4.31 Å². The smallest absolute Gasteiger partial charge is 0.243 e. The minimum absolute atomic E-state index is 0.0793. The predicted octanol–water partition coefficient (Wildman–Crippen LogP) is 4.93. The Kier molecular flexibility index (Phi) is 7.10. The first-order chi connectivity index (χ1) is 14.6. The highest BCUT2D eigenvalue weighted by Gasteiger charge is 2.27. The van der Waals surface area contributed by atoms with E-state index in [9.17, 15) is 17.6 Å². The fourth-order valence-corrected chi connectivity index (χ4v) is 4.61. The van der Waals surface area contributed by atoms with Gasteiger partial charge in [0, 0.05) is 17.3 Å². The second kappa shape index (κ2) is 9.60. The van der Waals surface area contributed by atoms with Gasteiger partial charge in [0.25, 0.3) is 0 Å². The number of hydrogen-bond donors (Lipinski definition) is 1. The quantitative estimate of drug-likeness (QED) is 0.544. The molecule has 1 amide bonds. The molecule has 0 saturated carbocycles. The number of sulfonamides is 1. The van der Waals surface area contributed by atoms with Crippen LogP contribution in [0.5, 0.6) is 0 Å². The molecule has 0 aliphatic rings. The molecule has 0 unspecified atom stereocenters. The summed E-state index contributed by atoms with van der Waals surface area (Å²) in [6.45, 7) is 3.16. The second-order valence-corrected chi connectivity index (χ2v) is 9.59. The van der Waals surface area contributed by atoms with Crippen LogP contribution in [0.3, 0.4) is 0 Å². The van der Waals surface area contributed by atoms with E-state index in [1.54, 1.807) is 37.3 Å². The van der Waals surface area contributed by atoms with Crippen molar-refractivity contribution in [3.05, 3.63) is 94.3 Å². The third-order valence-electron chi connectivity index (χ3n) is 4.71. The summed E-state index contributed by atoms with van der Waals surface area (Å²) in [5.74, 6) is -0.920. The molecule has 0 aliphatic heterocycles. The van der Waals surface area contributed by atoms with Crippen molar-refractivity contribution in [1.82, 2.24) is 4.31 Å². The molecule has 1 N–H and O–H groups in total. The van der Waals surface area contributed by atoms with Crippen molar-refractivity contribution in [3.8, 4) is 0 Å². The molecule has 0 heterocycles. The van der Waals surface area contributed by atoms with Gasteiger partial charge in [-0.3, -0.25) is 4.79 Å². The number of carbonyl (C=O) groups excluding carboxylic acids is 1. The molecule has 0 atom stereocenters. The van der Waals surface area contributed by atoms with Crippen LogP contribution < -0.4 is 5.32 Å². The Morgan fingerprint density at radius 2 is 1.65 bits per heavy atom. The summed E-state index contributed by atoms with van der Waals surface area (Å²) < 4.78 is 40.9. The number of carbonyl (C=O) groups is 1. The van der Waals surface area contributed by atoms with Crippen molar-refractivity contribution in [1.29, 1.82) is 0 Å². The lowest BCUT2D eigenvalue weighted by atomic mass is 10.2. The number of rotatable bonds is 7. The van der Waals surface area contributed by atoms with Gasteiger partial charge >= 0.3 is 0 Å². The van der Waals surface area contributed by atoms with Crippen LogP contribution in [0, 0.1) is 19.7 Å². The van der Waals surface area contributed by atoms with Crippen LogP contribution in [0.15, 0.2) is 71.6 Å². The van der Waals surface area contributed by atoms with E-state index in [1.807, 2.05) is 6.92 Å². The largest absolute Gasteiger partial charge is 0.325 e. The first-order valence-corrected chi connectivity index (χ1v) is 11.3. The zero-order valence-electron chi connectivity index (χ0n) is 17.1. The Labute approximate surface area is 186 Å². The van der Waals surface area contributed by atoms with Gasteiger partial charge in [0.05, 0.1) is 11.4 Å². The Bertz CT molecular complexity index is 1180. The minimum Gasteiger partial charge on any atom is -0.325 e. The van der Waals surface area contributed by atoms with Gasteiger partial charge in [0.2, 0.25) is 15.9 Å². The summed E-state index contributed by atoms with van der Waals surface area (Å²) in [5.41, 5.74) is 2.78. The highest BCUT2D eigenvalue weighted by molar-refractivity contribution is 7.89. The van der Waals surface area contributed by atoms with Crippen molar-refractivity contribution in [2.45, 2.75) is 25.3 Å². The summed E-state index contributed by atoms with van der Waals surface area (Å²) in [4.78, 5) is 12.8. The van der Waals surface area contributed by atoms with Crippen LogP contribution in [-0.4, -0.2) is 25.2 Å². The maximum absolute atomic E-state index is 13.3. The van der Waals surface area contributed by atoms with Crippen molar-refractivity contribution >= 4 is 33.2 Å². The maximum Gasteiger partial charge on any atom is 0.243 e. The topological polar surface area (TPSA) is 66.5 Å². The summed E-state index contributed by atoms with van der Waals surface area (Å²) in [6, 6.07) is 16.9. The Morgan fingerprint density at radius 3 is 2.26 bits per heavy atom. The number of hydrogen-bond acceptors (Lipinski definition) is 3. The van der Waals surface area contributed by atoms with Gasteiger partial charge < -0.3 is 5.32 Å². The van der Waals surface area contributed by atoms with E-state index in [4.69, 9.17) is 11.6 Å². The third kappa shape index (κ3) is 5.91. The van der Waals surface area contributed by atoms with E-state index < -0.39 is 28.3 Å². The summed E-state index contributed by atoms with van der Waals surface area (Å²) in [5, 5.41) is 3.27. The Morgan fingerprint density at radius 1 is 1.00 bits per heavy atom. The van der Waals surface area contributed by atoms with E-state index in [0.29, 0.717) is 16.3 Å². The van der Waals surface area contributed by atoms with Gasteiger partial charge in [0.1, 0.15) is 5.82 Å². The minimum atomic E-state index is -3.97. The molecule has 3 rings (SSSR count). The molecule has 0 fully saturated rings. The second-order valence-electron chi connectivity index (χ2n) is 7.22. The SMILES string of the molecule is Cc1ccc(S(=O)(=O)N(CC(=O)Nc2ccc(Cl)cc2C)Cc2ccc(F)cc2)cc1. The number of nitrogens with zero attached hydrogens (tertiary/aromatic N) is 1. The molecule has 0 spiro atoms. The highest BCUT2D eigenvalue weighted by atomic mass is 35.5. The number of benzene rings is 3.